The molecule has 5 nitrogen and oxygen atoms in total. The molecule has 0 bridgehead atoms. The average Bonchev–Trinajstić information content (AvgIpc) is 2.98. The van der Waals surface area contributed by atoms with Gasteiger partial charge >= 0.3 is 0 Å². The maximum Gasteiger partial charge on any atom is 0.223 e. The van der Waals surface area contributed by atoms with Gasteiger partial charge in [0, 0.05) is 25.9 Å². The number of hydrogen-bond donors (Lipinski definition) is 1. The number of nitrogens with two attached hydrogens (primary N) is 1. The normalized spacial score (nSPS) is 18.8. The second kappa shape index (κ2) is 6.65. The zero-order valence-electron chi connectivity index (χ0n) is 11.2. The molecule has 0 aliphatic carbocycles. The van der Waals surface area contributed by atoms with E-state index in [1.54, 1.807) is 11.0 Å². The summed E-state index contributed by atoms with van der Waals surface area (Å²) in [5, 5.41) is 1.84. The fourth-order valence-corrected chi connectivity index (χ4v) is 3.07. The van der Waals surface area contributed by atoms with Crippen molar-refractivity contribution in [2.45, 2.75) is 25.7 Å². The molecule has 2 amide bonds. The zero-order valence-corrected chi connectivity index (χ0v) is 12.0. The van der Waals surface area contributed by atoms with Crippen molar-refractivity contribution in [3.8, 4) is 0 Å². The van der Waals surface area contributed by atoms with Gasteiger partial charge in [-0.2, -0.15) is 0 Å². The van der Waals surface area contributed by atoms with E-state index in [0.717, 1.165) is 12.8 Å². The summed E-state index contributed by atoms with van der Waals surface area (Å²) in [5.41, 5.74) is 5.29. The van der Waals surface area contributed by atoms with Gasteiger partial charge in [0.1, 0.15) is 0 Å². The Morgan fingerprint density at radius 2 is 2.15 bits per heavy atom. The van der Waals surface area contributed by atoms with Crippen LogP contribution in [0.3, 0.4) is 0 Å². The molecule has 0 unspecified atom stereocenters. The molecule has 6 heteroatoms. The third kappa shape index (κ3) is 3.66. The van der Waals surface area contributed by atoms with E-state index >= 15 is 0 Å². The van der Waals surface area contributed by atoms with Crippen molar-refractivity contribution in [3.05, 3.63) is 22.4 Å². The van der Waals surface area contributed by atoms with E-state index in [4.69, 9.17) is 5.73 Å². The zero-order chi connectivity index (χ0) is 14.5. The minimum absolute atomic E-state index is 0.00295. The van der Waals surface area contributed by atoms with Gasteiger partial charge in [-0.1, -0.05) is 6.07 Å². The summed E-state index contributed by atoms with van der Waals surface area (Å²) in [7, 11) is 0. The van der Waals surface area contributed by atoms with Gasteiger partial charge in [-0.3, -0.25) is 14.4 Å². The smallest absolute Gasteiger partial charge is 0.223 e. The first-order valence-electron chi connectivity index (χ1n) is 6.71. The third-order valence-electron chi connectivity index (χ3n) is 3.54. The Kier molecular flexibility index (Phi) is 4.89. The maximum atomic E-state index is 12.1. The molecule has 0 aromatic carbocycles. The molecule has 2 rings (SSSR count). The van der Waals surface area contributed by atoms with Crippen LogP contribution in [-0.4, -0.2) is 35.6 Å². The van der Waals surface area contributed by atoms with Gasteiger partial charge in [0.25, 0.3) is 0 Å². The van der Waals surface area contributed by atoms with E-state index in [2.05, 4.69) is 0 Å². The summed E-state index contributed by atoms with van der Waals surface area (Å²) in [4.78, 5) is 37.4. The molecule has 1 fully saturated rings. The highest BCUT2D eigenvalue weighted by molar-refractivity contribution is 7.12. The van der Waals surface area contributed by atoms with Gasteiger partial charge in [-0.15, -0.1) is 11.3 Å². The van der Waals surface area contributed by atoms with Crippen LogP contribution in [0, 0.1) is 5.92 Å². The number of amides is 2. The van der Waals surface area contributed by atoms with Gasteiger partial charge in [-0.05, 0) is 24.3 Å². The van der Waals surface area contributed by atoms with Crippen LogP contribution in [0.1, 0.15) is 35.4 Å². The summed E-state index contributed by atoms with van der Waals surface area (Å²) in [6.45, 7) is 1.04. The predicted molar refractivity (Wildman–Crippen MR) is 76.4 cm³/mol. The van der Waals surface area contributed by atoms with Crippen molar-refractivity contribution < 1.29 is 14.4 Å². The topological polar surface area (TPSA) is 80.5 Å². The number of piperidine rings is 1. The Balaban J connectivity index is 1.82. The molecule has 108 valence electrons. The van der Waals surface area contributed by atoms with Crippen LogP contribution < -0.4 is 5.73 Å². The Hall–Kier alpha value is -1.69. The lowest BCUT2D eigenvalue weighted by Gasteiger charge is -2.31. The average molecular weight is 294 g/mol. The van der Waals surface area contributed by atoms with Gasteiger partial charge in [0.2, 0.25) is 11.8 Å². The lowest BCUT2D eigenvalue weighted by atomic mass is 9.97. The van der Waals surface area contributed by atoms with E-state index in [-0.39, 0.29) is 36.4 Å². The monoisotopic (exact) mass is 294 g/mol. The number of likely N-dealkylation sites (tertiary alicyclic amines) is 1. The molecule has 1 saturated heterocycles. The number of carbonyl (C=O) groups excluding carboxylic acids is 3. The summed E-state index contributed by atoms with van der Waals surface area (Å²) in [6, 6.07) is 3.59. The van der Waals surface area contributed by atoms with Crippen LogP contribution in [0.15, 0.2) is 17.5 Å². The van der Waals surface area contributed by atoms with Crippen molar-refractivity contribution >= 4 is 28.9 Å². The Morgan fingerprint density at radius 3 is 2.80 bits per heavy atom. The third-order valence-corrected chi connectivity index (χ3v) is 4.45. The first kappa shape index (κ1) is 14.7. The number of primary amides is 1. The molecule has 1 aliphatic rings. The van der Waals surface area contributed by atoms with Gasteiger partial charge in [-0.25, -0.2) is 0 Å². The van der Waals surface area contributed by atoms with Crippen LogP contribution in [0.4, 0.5) is 0 Å². The molecule has 0 spiro atoms. The standard InChI is InChI=1S/C14H18N2O3S/c15-14(19)10-3-1-7-16(9-10)13(18)6-5-11(17)12-4-2-8-20-12/h2,4,8,10H,1,3,5-7,9H2,(H2,15,19)/t10-/m0/s1. The summed E-state index contributed by atoms with van der Waals surface area (Å²) in [6.07, 6.45) is 1.95. The molecule has 1 atom stereocenters. The fraction of sp³-hybridized carbons (Fsp3) is 0.500. The lowest BCUT2D eigenvalue weighted by molar-refractivity contribution is -0.134. The second-order valence-electron chi connectivity index (χ2n) is 4.98. The summed E-state index contributed by atoms with van der Waals surface area (Å²) < 4.78 is 0. The van der Waals surface area contributed by atoms with Crippen molar-refractivity contribution in [1.82, 2.24) is 4.90 Å². The van der Waals surface area contributed by atoms with Crippen LogP contribution in [-0.2, 0) is 9.59 Å². The SMILES string of the molecule is NC(=O)[C@H]1CCCN(C(=O)CCC(=O)c2cccs2)C1. The van der Waals surface area contributed by atoms with E-state index < -0.39 is 0 Å². The van der Waals surface area contributed by atoms with Gasteiger partial charge < -0.3 is 10.6 Å². The molecule has 2 heterocycles. The van der Waals surface area contributed by atoms with E-state index in [1.165, 1.54) is 11.3 Å². The molecule has 1 aromatic rings. The maximum absolute atomic E-state index is 12.1. The number of nitrogens with zero attached hydrogens (tertiary/aromatic N) is 1. The summed E-state index contributed by atoms with van der Waals surface area (Å²) in [5.74, 6) is -0.671. The fourth-order valence-electron chi connectivity index (χ4n) is 2.37. The quantitative estimate of drug-likeness (QED) is 0.834. The van der Waals surface area contributed by atoms with Gasteiger partial charge in [0.15, 0.2) is 5.78 Å². The van der Waals surface area contributed by atoms with Crippen molar-refractivity contribution in [1.29, 1.82) is 0 Å². The molecule has 1 aliphatic heterocycles. The Morgan fingerprint density at radius 1 is 1.35 bits per heavy atom. The van der Waals surface area contributed by atoms with E-state index in [1.807, 2.05) is 11.4 Å². The first-order valence-corrected chi connectivity index (χ1v) is 7.59. The molecule has 20 heavy (non-hydrogen) atoms. The number of hydrogen-bond acceptors (Lipinski definition) is 4. The van der Waals surface area contributed by atoms with E-state index in [9.17, 15) is 14.4 Å². The highest BCUT2D eigenvalue weighted by atomic mass is 32.1. The number of ketones is 1. The minimum Gasteiger partial charge on any atom is -0.369 e. The minimum atomic E-state index is -0.350. The largest absolute Gasteiger partial charge is 0.369 e. The number of rotatable bonds is 5. The highest BCUT2D eigenvalue weighted by Crippen LogP contribution is 2.18. The summed E-state index contributed by atoms with van der Waals surface area (Å²) >= 11 is 1.39. The van der Waals surface area contributed by atoms with Crippen LogP contribution in [0.5, 0.6) is 0 Å². The van der Waals surface area contributed by atoms with Crippen molar-refractivity contribution in [2.24, 2.45) is 11.7 Å². The second-order valence-corrected chi connectivity index (χ2v) is 5.93. The highest BCUT2D eigenvalue weighted by Gasteiger charge is 2.27. The van der Waals surface area contributed by atoms with E-state index in [0.29, 0.717) is 18.0 Å². The Labute approximate surface area is 121 Å². The van der Waals surface area contributed by atoms with Gasteiger partial charge in [0.05, 0.1) is 10.8 Å². The first-order chi connectivity index (χ1) is 9.58. The Bertz CT molecular complexity index is 499. The lowest BCUT2D eigenvalue weighted by Crippen LogP contribution is -2.44. The molecule has 0 radical (unpaired) electrons. The predicted octanol–water partition coefficient (Wildman–Crippen LogP) is 1.43. The molecular weight excluding hydrogens is 276 g/mol. The van der Waals surface area contributed by atoms with Crippen LogP contribution in [0.2, 0.25) is 0 Å². The number of Topliss-reactive ketones (excluding diaryl/α,β-unsaturated/α-hetero) is 1. The molecule has 0 saturated carbocycles. The molecule has 1 aromatic heterocycles. The molecule has 2 N–H and O–H groups in total. The van der Waals surface area contributed by atoms with Crippen LogP contribution >= 0.6 is 11.3 Å². The van der Waals surface area contributed by atoms with Crippen LogP contribution in [0.25, 0.3) is 0 Å². The molecular formula is C14H18N2O3S. The van der Waals surface area contributed by atoms with Crippen molar-refractivity contribution in [2.75, 3.05) is 13.1 Å². The number of thiophene rings is 1. The number of carbonyl (C=O) groups is 3. The van der Waals surface area contributed by atoms with Crippen molar-refractivity contribution in [3.63, 3.8) is 0 Å².